The highest BCUT2D eigenvalue weighted by Crippen LogP contribution is 2.42. The van der Waals surface area contributed by atoms with Crippen molar-refractivity contribution in [2.45, 2.75) is 24.9 Å². The molecule has 5 heteroatoms. The third kappa shape index (κ3) is 2.89. The first-order chi connectivity index (χ1) is 9.65. The van der Waals surface area contributed by atoms with Crippen molar-refractivity contribution < 1.29 is 9.84 Å². The summed E-state index contributed by atoms with van der Waals surface area (Å²) in [5.74, 6) is 1.27. The fourth-order valence-electron chi connectivity index (χ4n) is 2.57. The maximum atomic E-state index is 10.4. The minimum atomic E-state index is -0.486. The summed E-state index contributed by atoms with van der Waals surface area (Å²) < 4.78 is 7.20. The van der Waals surface area contributed by atoms with E-state index in [0.29, 0.717) is 23.3 Å². The van der Waals surface area contributed by atoms with E-state index in [9.17, 15) is 5.11 Å². The first-order valence-electron chi connectivity index (χ1n) is 6.49. The lowest BCUT2D eigenvalue weighted by atomic mass is 9.88. The third-order valence-corrected chi connectivity index (χ3v) is 6.16. The van der Waals surface area contributed by atoms with Crippen LogP contribution in [0, 0.1) is 0 Å². The second-order valence-corrected chi connectivity index (χ2v) is 7.43. The highest BCUT2D eigenvalue weighted by atomic mass is 79.9. The van der Waals surface area contributed by atoms with Crippen LogP contribution in [0.2, 0.25) is 4.34 Å². The van der Waals surface area contributed by atoms with Crippen LogP contribution in [0.25, 0.3) is 0 Å². The molecule has 20 heavy (non-hydrogen) atoms. The van der Waals surface area contributed by atoms with Gasteiger partial charge in [-0.3, -0.25) is 0 Å². The van der Waals surface area contributed by atoms with E-state index in [2.05, 4.69) is 22.0 Å². The molecule has 0 fully saturated rings. The molecule has 2 aromatic rings. The summed E-state index contributed by atoms with van der Waals surface area (Å²) in [6.45, 7) is 0.712. The molecule has 3 rings (SSSR count). The summed E-state index contributed by atoms with van der Waals surface area (Å²) in [7, 11) is 0. The Bertz CT molecular complexity index is 594. The highest BCUT2D eigenvalue weighted by molar-refractivity contribution is 9.10. The zero-order chi connectivity index (χ0) is 14.1. The molecule has 2 nitrogen and oxygen atoms in total. The van der Waals surface area contributed by atoms with Crippen molar-refractivity contribution in [1.82, 2.24) is 0 Å². The average Bonchev–Trinajstić information content (AvgIpc) is 2.79. The van der Waals surface area contributed by atoms with Crippen molar-refractivity contribution in [1.29, 1.82) is 0 Å². The summed E-state index contributed by atoms with van der Waals surface area (Å²) in [5, 5.41) is 10.4. The first-order valence-corrected chi connectivity index (χ1v) is 8.48. The fourth-order valence-corrected chi connectivity index (χ4v) is 4.31. The number of fused-ring (bicyclic) bond motifs is 1. The standard InChI is InChI=1S/C15H14BrClO2S/c16-11-8-14(20-15(11)17)12(18)7-9-5-6-19-13-4-2-1-3-10(9)13/h1-4,8-9,12,18H,5-7H2. The second kappa shape index (κ2) is 6.06. The smallest absolute Gasteiger partial charge is 0.122 e. The number of hydrogen-bond acceptors (Lipinski definition) is 3. The lowest BCUT2D eigenvalue weighted by molar-refractivity contribution is 0.148. The van der Waals surface area contributed by atoms with Gasteiger partial charge in [-0.2, -0.15) is 0 Å². The minimum absolute atomic E-state index is 0.328. The highest BCUT2D eigenvalue weighted by Gasteiger charge is 2.25. The van der Waals surface area contributed by atoms with Crippen LogP contribution in [-0.2, 0) is 0 Å². The Morgan fingerprint density at radius 2 is 2.25 bits per heavy atom. The van der Waals surface area contributed by atoms with Crippen LogP contribution in [0.3, 0.4) is 0 Å². The van der Waals surface area contributed by atoms with Gasteiger partial charge < -0.3 is 9.84 Å². The molecule has 0 radical (unpaired) electrons. The number of thiophene rings is 1. The Morgan fingerprint density at radius 1 is 1.45 bits per heavy atom. The Kier molecular flexibility index (Phi) is 4.36. The molecular weight excluding hydrogens is 360 g/mol. The monoisotopic (exact) mass is 372 g/mol. The maximum absolute atomic E-state index is 10.4. The minimum Gasteiger partial charge on any atom is -0.493 e. The lowest BCUT2D eigenvalue weighted by Crippen LogP contribution is -2.16. The quantitative estimate of drug-likeness (QED) is 0.806. The van der Waals surface area contributed by atoms with E-state index < -0.39 is 6.10 Å². The molecule has 2 heterocycles. The normalized spacial score (nSPS) is 19.2. The van der Waals surface area contributed by atoms with Gasteiger partial charge in [0.1, 0.15) is 10.1 Å². The van der Waals surface area contributed by atoms with Gasteiger partial charge in [0.25, 0.3) is 0 Å². The predicted octanol–water partition coefficient (Wildman–Crippen LogP) is 5.15. The third-order valence-electron chi connectivity index (χ3n) is 3.58. The summed E-state index contributed by atoms with van der Waals surface area (Å²) >= 11 is 10.9. The molecule has 0 saturated heterocycles. The average molecular weight is 374 g/mol. The Balaban J connectivity index is 1.78. The van der Waals surface area contributed by atoms with Gasteiger partial charge in [-0.1, -0.05) is 29.8 Å². The molecule has 2 atom stereocenters. The van der Waals surface area contributed by atoms with Crippen molar-refractivity contribution in [2.24, 2.45) is 0 Å². The first kappa shape index (κ1) is 14.4. The van der Waals surface area contributed by atoms with Crippen LogP contribution in [0.5, 0.6) is 5.75 Å². The van der Waals surface area contributed by atoms with E-state index in [1.807, 2.05) is 24.3 Å². The molecule has 0 bridgehead atoms. The van der Waals surface area contributed by atoms with Gasteiger partial charge in [-0.25, -0.2) is 0 Å². The van der Waals surface area contributed by atoms with Gasteiger partial charge in [0.05, 0.1) is 12.7 Å². The number of aliphatic hydroxyl groups is 1. The molecule has 0 amide bonds. The molecule has 0 spiro atoms. The molecule has 1 N–H and O–H groups in total. The molecule has 1 aliphatic rings. The van der Waals surface area contributed by atoms with Crippen LogP contribution in [0.15, 0.2) is 34.8 Å². The Labute approximate surface area is 135 Å². The van der Waals surface area contributed by atoms with E-state index in [-0.39, 0.29) is 0 Å². The summed E-state index contributed by atoms with van der Waals surface area (Å²) in [5.41, 5.74) is 1.19. The lowest BCUT2D eigenvalue weighted by Gasteiger charge is -2.27. The van der Waals surface area contributed by atoms with Crippen LogP contribution in [0.4, 0.5) is 0 Å². The van der Waals surface area contributed by atoms with Crippen LogP contribution in [-0.4, -0.2) is 11.7 Å². The SMILES string of the molecule is OC(CC1CCOc2ccccc21)c1cc(Br)c(Cl)s1. The zero-order valence-electron chi connectivity index (χ0n) is 10.7. The van der Waals surface area contributed by atoms with E-state index >= 15 is 0 Å². The van der Waals surface area contributed by atoms with Crippen molar-refractivity contribution in [3.63, 3.8) is 0 Å². The molecule has 2 unspecified atom stereocenters. The number of benzene rings is 1. The van der Waals surface area contributed by atoms with E-state index in [4.69, 9.17) is 16.3 Å². The Morgan fingerprint density at radius 3 is 3.00 bits per heavy atom. The summed E-state index contributed by atoms with van der Waals surface area (Å²) in [6, 6.07) is 9.98. The number of aliphatic hydroxyl groups excluding tert-OH is 1. The fraction of sp³-hybridized carbons (Fsp3) is 0.333. The molecule has 1 aliphatic heterocycles. The zero-order valence-corrected chi connectivity index (χ0v) is 13.8. The van der Waals surface area contributed by atoms with Crippen LogP contribution < -0.4 is 4.74 Å². The largest absolute Gasteiger partial charge is 0.493 e. The van der Waals surface area contributed by atoms with E-state index in [0.717, 1.165) is 21.5 Å². The molecule has 1 aromatic heterocycles. The number of para-hydroxylation sites is 1. The summed E-state index contributed by atoms with van der Waals surface area (Å²) in [4.78, 5) is 0.908. The second-order valence-electron chi connectivity index (χ2n) is 4.89. The molecule has 1 aromatic carbocycles. The van der Waals surface area contributed by atoms with Crippen LogP contribution >= 0.6 is 38.9 Å². The van der Waals surface area contributed by atoms with Gasteiger partial charge in [0, 0.05) is 9.35 Å². The van der Waals surface area contributed by atoms with Crippen molar-refractivity contribution in [2.75, 3.05) is 6.61 Å². The van der Waals surface area contributed by atoms with E-state index in [1.54, 1.807) is 0 Å². The Hall–Kier alpha value is -0.550. The molecule has 106 valence electrons. The van der Waals surface area contributed by atoms with Gasteiger partial charge in [0.2, 0.25) is 0 Å². The topological polar surface area (TPSA) is 29.5 Å². The number of hydrogen-bond donors (Lipinski definition) is 1. The number of halogens is 2. The van der Waals surface area contributed by atoms with Gasteiger partial charge in [-0.05, 0) is 52.4 Å². The summed E-state index contributed by atoms with van der Waals surface area (Å²) in [6.07, 6.45) is 1.15. The number of ether oxygens (including phenoxy) is 1. The van der Waals surface area contributed by atoms with Crippen LogP contribution in [0.1, 0.15) is 35.3 Å². The number of rotatable bonds is 3. The van der Waals surface area contributed by atoms with Crippen molar-refractivity contribution in [3.05, 3.63) is 49.6 Å². The maximum Gasteiger partial charge on any atom is 0.122 e. The molecule has 0 aliphatic carbocycles. The molecular formula is C15H14BrClO2S. The van der Waals surface area contributed by atoms with Crippen molar-refractivity contribution in [3.8, 4) is 5.75 Å². The van der Waals surface area contributed by atoms with Gasteiger partial charge in [0.15, 0.2) is 0 Å². The van der Waals surface area contributed by atoms with Gasteiger partial charge >= 0.3 is 0 Å². The van der Waals surface area contributed by atoms with Gasteiger partial charge in [-0.15, -0.1) is 11.3 Å². The van der Waals surface area contributed by atoms with Crippen molar-refractivity contribution >= 4 is 38.9 Å². The van der Waals surface area contributed by atoms with E-state index in [1.165, 1.54) is 16.9 Å². The molecule has 0 saturated carbocycles. The predicted molar refractivity (Wildman–Crippen MR) is 85.9 cm³/mol.